The molecule has 1 rings (SSSR count). The predicted octanol–water partition coefficient (Wildman–Crippen LogP) is 2.57. The molecular weight excluding hydrogens is 243 g/mol. The van der Waals surface area contributed by atoms with Crippen LogP contribution < -0.4 is 4.72 Å². The van der Waals surface area contributed by atoms with Crippen molar-refractivity contribution >= 4 is 17.9 Å². The Morgan fingerprint density at radius 3 is 2.31 bits per heavy atom. The molecule has 0 aliphatic heterocycles. The second kappa shape index (κ2) is 5.22. The van der Waals surface area contributed by atoms with Gasteiger partial charge in [-0.25, -0.2) is 4.72 Å². The molecule has 16 heavy (non-hydrogen) atoms. The third-order valence-electron chi connectivity index (χ3n) is 1.67. The minimum atomic E-state index is -4.51. The molecule has 1 aromatic rings. The van der Waals surface area contributed by atoms with Gasteiger partial charge in [0.25, 0.3) is 0 Å². The van der Waals surface area contributed by atoms with Gasteiger partial charge in [-0.15, -0.1) is 0 Å². The maximum Gasteiger partial charge on any atom is 0.456 e. The fourth-order valence-corrected chi connectivity index (χ4v) is 1.52. The van der Waals surface area contributed by atoms with Crippen LogP contribution in [0.15, 0.2) is 30.3 Å². The van der Waals surface area contributed by atoms with E-state index >= 15 is 0 Å². The van der Waals surface area contributed by atoms with Crippen molar-refractivity contribution in [1.29, 1.82) is 0 Å². The number of carboxylic acids is 1. The molecule has 0 aliphatic carbocycles. The van der Waals surface area contributed by atoms with Crippen LogP contribution in [0.25, 0.3) is 0 Å². The van der Waals surface area contributed by atoms with E-state index in [1.54, 1.807) is 18.2 Å². The van der Waals surface area contributed by atoms with Gasteiger partial charge < -0.3 is 5.11 Å². The topological polar surface area (TPSA) is 49.3 Å². The van der Waals surface area contributed by atoms with Crippen LogP contribution in [-0.2, 0) is 4.79 Å². The van der Waals surface area contributed by atoms with Gasteiger partial charge in [0.2, 0.25) is 0 Å². The fourth-order valence-electron chi connectivity index (χ4n) is 1.03. The second-order valence-electron chi connectivity index (χ2n) is 2.85. The van der Waals surface area contributed by atoms with Crippen LogP contribution in [0.3, 0.4) is 0 Å². The lowest BCUT2D eigenvalue weighted by molar-refractivity contribution is -0.139. The van der Waals surface area contributed by atoms with Crippen molar-refractivity contribution < 1.29 is 23.1 Å². The third-order valence-corrected chi connectivity index (χ3v) is 2.26. The highest BCUT2D eigenvalue weighted by molar-refractivity contribution is 7.98. The zero-order valence-electron chi connectivity index (χ0n) is 7.86. The maximum atomic E-state index is 11.9. The summed E-state index contributed by atoms with van der Waals surface area (Å²) in [6.07, 6.45) is 0. The molecule has 0 saturated heterocycles. The molecule has 0 spiro atoms. The van der Waals surface area contributed by atoms with Crippen molar-refractivity contribution in [2.24, 2.45) is 0 Å². The van der Waals surface area contributed by atoms with Gasteiger partial charge in [-0.1, -0.05) is 30.3 Å². The molecule has 2 N–H and O–H groups in total. The van der Waals surface area contributed by atoms with E-state index in [1.165, 1.54) is 12.1 Å². The fraction of sp³-hybridized carbons (Fsp3) is 0.222. The molecule has 3 nitrogen and oxygen atoms in total. The average molecular weight is 251 g/mol. The van der Waals surface area contributed by atoms with Crippen LogP contribution in [0, 0.1) is 0 Å². The summed E-state index contributed by atoms with van der Waals surface area (Å²) in [5.41, 5.74) is -4.24. The van der Waals surface area contributed by atoms with Crippen LogP contribution in [0.4, 0.5) is 13.2 Å². The highest BCUT2D eigenvalue weighted by Crippen LogP contribution is 2.30. The Morgan fingerprint density at radius 1 is 1.31 bits per heavy atom. The summed E-state index contributed by atoms with van der Waals surface area (Å²) in [7, 11) is 0. The van der Waals surface area contributed by atoms with Gasteiger partial charge in [0.1, 0.15) is 6.04 Å². The quantitative estimate of drug-likeness (QED) is 0.807. The first kappa shape index (κ1) is 12.9. The Morgan fingerprint density at radius 2 is 1.88 bits per heavy atom. The number of aliphatic carboxylic acids is 1. The predicted molar refractivity (Wildman–Crippen MR) is 53.6 cm³/mol. The summed E-state index contributed by atoms with van der Waals surface area (Å²) in [4.78, 5) is 10.8. The Balaban J connectivity index is 2.74. The molecule has 1 atom stereocenters. The van der Waals surface area contributed by atoms with Crippen molar-refractivity contribution in [3.63, 3.8) is 0 Å². The Bertz CT molecular complexity index is 356. The van der Waals surface area contributed by atoms with Gasteiger partial charge in [0.05, 0.1) is 0 Å². The highest BCUT2D eigenvalue weighted by Gasteiger charge is 2.32. The number of nitrogens with one attached hydrogen (secondary N) is 1. The molecule has 0 aliphatic rings. The van der Waals surface area contributed by atoms with Gasteiger partial charge in [0, 0.05) is 11.9 Å². The normalized spacial score (nSPS) is 13.4. The van der Waals surface area contributed by atoms with Crippen LogP contribution in [0.5, 0.6) is 0 Å². The monoisotopic (exact) mass is 251 g/mol. The molecular formula is C9H8F3NO2S. The van der Waals surface area contributed by atoms with E-state index in [1.807, 2.05) is 4.72 Å². The zero-order valence-corrected chi connectivity index (χ0v) is 8.68. The number of hydrogen-bond acceptors (Lipinski definition) is 3. The van der Waals surface area contributed by atoms with Crippen molar-refractivity contribution in [2.45, 2.75) is 11.6 Å². The minimum Gasteiger partial charge on any atom is -0.480 e. The number of rotatable bonds is 4. The molecule has 0 heterocycles. The number of carbonyl (C=O) groups is 1. The molecule has 7 heteroatoms. The maximum absolute atomic E-state index is 11.9. The van der Waals surface area contributed by atoms with Gasteiger partial charge >= 0.3 is 11.5 Å². The van der Waals surface area contributed by atoms with Gasteiger partial charge in [0.15, 0.2) is 0 Å². The first-order valence-corrected chi connectivity index (χ1v) is 5.00. The zero-order chi connectivity index (χ0) is 12.2. The van der Waals surface area contributed by atoms with E-state index in [-0.39, 0.29) is 5.56 Å². The lowest BCUT2D eigenvalue weighted by Crippen LogP contribution is -2.26. The molecule has 0 bridgehead atoms. The third kappa shape index (κ3) is 4.11. The van der Waals surface area contributed by atoms with Crippen molar-refractivity contribution in [3.05, 3.63) is 35.9 Å². The average Bonchev–Trinajstić information content (AvgIpc) is 2.17. The molecule has 1 unspecified atom stereocenters. The largest absolute Gasteiger partial charge is 0.480 e. The molecule has 1 aromatic carbocycles. The van der Waals surface area contributed by atoms with E-state index in [0.29, 0.717) is 0 Å². The van der Waals surface area contributed by atoms with E-state index in [0.717, 1.165) is 0 Å². The lowest BCUT2D eigenvalue weighted by atomic mass is 10.1. The summed E-state index contributed by atoms with van der Waals surface area (Å²) >= 11 is -0.566. The number of halogens is 3. The van der Waals surface area contributed by atoms with Crippen LogP contribution in [-0.4, -0.2) is 16.6 Å². The standard InChI is InChI=1S/C9H8F3NO2S/c10-9(11,12)16-13-7(8(14)15)6-4-2-1-3-5-6/h1-5,7,13H,(H,14,15). The summed E-state index contributed by atoms with van der Waals surface area (Å²) in [5.74, 6) is -1.36. The van der Waals surface area contributed by atoms with Crippen molar-refractivity contribution in [2.75, 3.05) is 0 Å². The molecule has 0 saturated carbocycles. The summed E-state index contributed by atoms with van der Waals surface area (Å²) < 4.78 is 37.6. The van der Waals surface area contributed by atoms with E-state index in [2.05, 4.69) is 0 Å². The minimum absolute atomic E-state index is 0.270. The number of carboxylic acid groups (broad SMARTS) is 1. The Kier molecular flexibility index (Phi) is 4.19. The van der Waals surface area contributed by atoms with Gasteiger partial charge in [-0.2, -0.15) is 13.2 Å². The smallest absolute Gasteiger partial charge is 0.456 e. The van der Waals surface area contributed by atoms with Gasteiger partial charge in [-0.05, 0) is 5.56 Å². The molecule has 0 aromatic heterocycles. The van der Waals surface area contributed by atoms with Crippen molar-refractivity contribution in [1.82, 2.24) is 4.72 Å². The first-order valence-electron chi connectivity index (χ1n) is 4.18. The Labute approximate surface area is 93.8 Å². The first-order chi connectivity index (χ1) is 7.40. The molecule has 0 radical (unpaired) electrons. The summed E-state index contributed by atoms with van der Waals surface area (Å²) in [6, 6.07) is 6.29. The lowest BCUT2D eigenvalue weighted by Gasteiger charge is -2.14. The number of benzene rings is 1. The van der Waals surface area contributed by atoms with Crippen LogP contribution in [0.2, 0.25) is 0 Å². The van der Waals surface area contributed by atoms with Gasteiger partial charge in [-0.3, -0.25) is 4.79 Å². The summed E-state index contributed by atoms with van der Waals surface area (Å²) in [5, 5.41) is 8.78. The molecule has 88 valence electrons. The highest BCUT2D eigenvalue weighted by atomic mass is 32.2. The molecule has 0 fully saturated rings. The molecule has 0 amide bonds. The second-order valence-corrected chi connectivity index (χ2v) is 3.75. The number of hydrogen-bond donors (Lipinski definition) is 2. The van der Waals surface area contributed by atoms with Crippen molar-refractivity contribution in [3.8, 4) is 0 Å². The van der Waals surface area contributed by atoms with E-state index < -0.39 is 29.5 Å². The Hall–Kier alpha value is -1.21. The van der Waals surface area contributed by atoms with Crippen LogP contribution >= 0.6 is 11.9 Å². The van der Waals surface area contributed by atoms with E-state index in [4.69, 9.17) is 5.11 Å². The van der Waals surface area contributed by atoms with E-state index in [9.17, 15) is 18.0 Å². The van der Waals surface area contributed by atoms with Crippen LogP contribution in [0.1, 0.15) is 11.6 Å². The summed E-state index contributed by atoms with van der Waals surface area (Å²) in [6.45, 7) is 0. The number of alkyl halides is 3. The SMILES string of the molecule is O=C(O)C(NSC(F)(F)F)c1ccccc1.